The van der Waals surface area contributed by atoms with Gasteiger partial charge in [0, 0.05) is 50.4 Å². The third-order valence-electron chi connectivity index (χ3n) is 6.54. The van der Waals surface area contributed by atoms with Gasteiger partial charge in [0.1, 0.15) is 5.82 Å². The average molecular weight is 451 g/mol. The first-order valence-electron chi connectivity index (χ1n) is 11.2. The van der Waals surface area contributed by atoms with Crippen molar-refractivity contribution in [1.29, 1.82) is 0 Å². The van der Waals surface area contributed by atoms with Crippen molar-refractivity contribution < 1.29 is 9.18 Å². The maximum atomic E-state index is 13.3. The van der Waals surface area contributed by atoms with Crippen LogP contribution in [0.4, 0.5) is 4.39 Å². The second-order valence-electron chi connectivity index (χ2n) is 9.02. The molecular formula is C27H31FN2OS. The van der Waals surface area contributed by atoms with E-state index in [9.17, 15) is 9.18 Å². The topological polar surface area (TPSA) is 23.6 Å². The molecule has 2 heterocycles. The molecule has 32 heavy (non-hydrogen) atoms. The van der Waals surface area contributed by atoms with E-state index < -0.39 is 0 Å². The van der Waals surface area contributed by atoms with Crippen LogP contribution < -0.4 is 0 Å². The van der Waals surface area contributed by atoms with Crippen LogP contribution in [0.1, 0.15) is 40.0 Å². The Morgan fingerprint density at radius 3 is 2.41 bits per heavy atom. The summed E-state index contributed by atoms with van der Waals surface area (Å²) in [5.74, 6) is 0.538. The van der Waals surface area contributed by atoms with Crippen molar-refractivity contribution in [1.82, 2.24) is 9.80 Å². The van der Waals surface area contributed by atoms with Gasteiger partial charge in [-0.25, -0.2) is 4.39 Å². The summed E-state index contributed by atoms with van der Waals surface area (Å²) in [5.41, 5.74) is 4.91. The molecule has 3 aromatic rings. The van der Waals surface area contributed by atoms with Crippen LogP contribution in [0.15, 0.2) is 60.0 Å². The van der Waals surface area contributed by atoms with Crippen LogP contribution in [-0.4, -0.2) is 35.3 Å². The van der Waals surface area contributed by atoms with Gasteiger partial charge in [-0.2, -0.15) is 0 Å². The van der Waals surface area contributed by atoms with Crippen LogP contribution in [0.5, 0.6) is 0 Å². The second kappa shape index (κ2) is 9.97. The third-order valence-corrected chi connectivity index (χ3v) is 7.55. The van der Waals surface area contributed by atoms with Gasteiger partial charge in [0.2, 0.25) is 5.91 Å². The van der Waals surface area contributed by atoms with Gasteiger partial charge < -0.3 is 4.90 Å². The number of amides is 1. The minimum atomic E-state index is -0.252. The lowest BCUT2D eigenvalue weighted by molar-refractivity contribution is -0.130. The number of halogens is 1. The zero-order valence-corrected chi connectivity index (χ0v) is 19.9. The third kappa shape index (κ3) is 5.45. The first kappa shape index (κ1) is 22.7. The van der Waals surface area contributed by atoms with Gasteiger partial charge in [0.25, 0.3) is 0 Å². The number of rotatable bonds is 7. The van der Waals surface area contributed by atoms with E-state index in [-0.39, 0.29) is 11.7 Å². The highest BCUT2D eigenvalue weighted by Gasteiger charge is 2.35. The molecule has 2 atom stereocenters. The van der Waals surface area contributed by atoms with Gasteiger partial charge in [0.15, 0.2) is 0 Å². The van der Waals surface area contributed by atoms with Crippen LogP contribution in [0.3, 0.4) is 0 Å². The molecule has 0 unspecified atom stereocenters. The van der Waals surface area contributed by atoms with Crippen LogP contribution in [-0.2, 0) is 17.9 Å². The van der Waals surface area contributed by atoms with Crippen molar-refractivity contribution in [2.45, 2.75) is 39.8 Å². The van der Waals surface area contributed by atoms with Crippen LogP contribution >= 0.6 is 11.3 Å². The molecule has 4 rings (SSSR count). The Kier molecular flexibility index (Phi) is 7.07. The van der Waals surface area contributed by atoms with Crippen LogP contribution in [0, 0.1) is 25.6 Å². The Labute approximate surface area is 194 Å². The maximum absolute atomic E-state index is 13.3. The molecule has 0 bridgehead atoms. The smallest absolute Gasteiger partial charge is 0.219 e. The van der Waals surface area contributed by atoms with E-state index in [4.69, 9.17) is 0 Å². The predicted octanol–water partition coefficient (Wildman–Crippen LogP) is 5.77. The van der Waals surface area contributed by atoms with E-state index in [1.54, 1.807) is 19.1 Å². The molecule has 1 aromatic heterocycles. The highest BCUT2D eigenvalue weighted by Crippen LogP contribution is 2.35. The van der Waals surface area contributed by atoms with Gasteiger partial charge >= 0.3 is 0 Å². The second-order valence-corrected chi connectivity index (χ2v) is 10.0. The molecule has 0 radical (unpaired) electrons. The van der Waals surface area contributed by atoms with Gasteiger partial charge in [-0.1, -0.05) is 42.0 Å². The summed E-state index contributed by atoms with van der Waals surface area (Å²) in [5, 5.41) is 2.16. The number of carbonyl (C=O) groups excluding carboxylic acids is 1. The monoisotopic (exact) mass is 450 g/mol. The lowest BCUT2D eigenvalue weighted by Gasteiger charge is -2.28. The molecule has 168 valence electrons. The Bertz CT molecular complexity index is 1040. The molecule has 1 fully saturated rings. The maximum Gasteiger partial charge on any atom is 0.219 e. The standard InChI is InChI=1S/C27H31FN2OS/c1-19-4-8-23(9-5-19)26-17-29(18-27-20(2)12-13-32-27)15-24(26)16-30(21(3)31)14-22-6-10-25(28)11-7-22/h4-13,24,26H,14-18H2,1-3H3/t24-,26+/m1/s1. The molecule has 1 amide bonds. The highest BCUT2D eigenvalue weighted by molar-refractivity contribution is 7.10. The van der Waals surface area contributed by atoms with E-state index in [0.717, 1.165) is 25.2 Å². The van der Waals surface area contributed by atoms with Crippen molar-refractivity contribution in [3.8, 4) is 0 Å². The largest absolute Gasteiger partial charge is 0.338 e. The number of aryl methyl sites for hydroxylation is 2. The lowest BCUT2D eigenvalue weighted by atomic mass is 9.88. The molecule has 2 aromatic carbocycles. The Morgan fingerprint density at radius 2 is 1.78 bits per heavy atom. The molecule has 0 aliphatic carbocycles. The number of likely N-dealkylation sites (tertiary alicyclic amines) is 1. The highest BCUT2D eigenvalue weighted by atomic mass is 32.1. The number of thiophene rings is 1. The quantitative estimate of drug-likeness (QED) is 0.456. The summed E-state index contributed by atoms with van der Waals surface area (Å²) in [4.78, 5) is 18.4. The molecule has 1 saturated heterocycles. The van der Waals surface area contributed by atoms with E-state index in [1.165, 1.54) is 33.7 Å². The number of nitrogens with zero attached hydrogens (tertiary/aromatic N) is 2. The fraction of sp³-hybridized carbons (Fsp3) is 0.370. The minimum absolute atomic E-state index is 0.0598. The SMILES string of the molecule is CC(=O)N(Cc1ccc(F)cc1)C[C@H]1CN(Cc2sccc2C)C[C@H]1c1ccc(C)cc1. The summed E-state index contributed by atoms with van der Waals surface area (Å²) in [6.45, 7) is 10.0. The predicted molar refractivity (Wildman–Crippen MR) is 129 cm³/mol. The zero-order valence-electron chi connectivity index (χ0n) is 19.1. The first-order valence-corrected chi connectivity index (χ1v) is 12.1. The number of benzene rings is 2. The Morgan fingerprint density at radius 1 is 1.06 bits per heavy atom. The van der Waals surface area contributed by atoms with E-state index in [1.807, 2.05) is 16.2 Å². The van der Waals surface area contributed by atoms with Crippen molar-refractivity contribution in [3.63, 3.8) is 0 Å². The van der Waals surface area contributed by atoms with Crippen LogP contribution in [0.25, 0.3) is 0 Å². The van der Waals surface area contributed by atoms with Crippen molar-refractivity contribution >= 4 is 17.2 Å². The molecule has 0 spiro atoms. The summed E-state index contributed by atoms with van der Waals surface area (Å²) >= 11 is 1.82. The van der Waals surface area contributed by atoms with Gasteiger partial charge in [-0.05, 0) is 60.0 Å². The lowest BCUT2D eigenvalue weighted by Crippen LogP contribution is -2.35. The van der Waals surface area contributed by atoms with E-state index in [0.29, 0.717) is 24.9 Å². The van der Waals surface area contributed by atoms with Crippen molar-refractivity contribution in [2.75, 3.05) is 19.6 Å². The molecule has 3 nitrogen and oxygen atoms in total. The van der Waals surface area contributed by atoms with Crippen molar-refractivity contribution in [3.05, 3.63) is 92.9 Å². The molecule has 5 heteroatoms. The number of hydrogen-bond donors (Lipinski definition) is 0. The van der Waals surface area contributed by atoms with Crippen LogP contribution in [0.2, 0.25) is 0 Å². The molecule has 1 aliphatic heterocycles. The fourth-order valence-corrected chi connectivity index (χ4v) is 5.58. The first-order chi connectivity index (χ1) is 15.4. The Hall–Kier alpha value is -2.50. The number of carbonyl (C=O) groups is 1. The van der Waals surface area contributed by atoms with E-state index >= 15 is 0 Å². The van der Waals surface area contributed by atoms with Crippen molar-refractivity contribution in [2.24, 2.45) is 5.92 Å². The summed E-state index contributed by atoms with van der Waals surface area (Å²) in [6, 6.07) is 17.5. The molecular weight excluding hydrogens is 419 g/mol. The number of hydrogen-bond acceptors (Lipinski definition) is 3. The van der Waals surface area contributed by atoms with Gasteiger partial charge in [0.05, 0.1) is 0 Å². The normalized spacial score (nSPS) is 18.8. The fourth-order valence-electron chi connectivity index (χ4n) is 4.63. The Balaban J connectivity index is 1.54. The molecule has 0 saturated carbocycles. The van der Waals surface area contributed by atoms with Gasteiger partial charge in [-0.15, -0.1) is 11.3 Å². The molecule has 1 aliphatic rings. The summed E-state index contributed by atoms with van der Waals surface area (Å²) < 4.78 is 13.3. The zero-order chi connectivity index (χ0) is 22.7. The minimum Gasteiger partial charge on any atom is -0.338 e. The molecule has 0 N–H and O–H groups in total. The van der Waals surface area contributed by atoms with Gasteiger partial charge in [-0.3, -0.25) is 9.69 Å². The summed E-state index contributed by atoms with van der Waals surface area (Å²) in [6.07, 6.45) is 0. The van der Waals surface area contributed by atoms with E-state index in [2.05, 4.69) is 54.5 Å². The average Bonchev–Trinajstić information content (AvgIpc) is 3.35. The summed E-state index contributed by atoms with van der Waals surface area (Å²) in [7, 11) is 0.